The first kappa shape index (κ1) is 21.4. The molecule has 0 aliphatic carbocycles. The van der Waals surface area contributed by atoms with Crippen LogP contribution in [-0.4, -0.2) is 42.5 Å². The summed E-state index contributed by atoms with van der Waals surface area (Å²) < 4.78 is 17.4. The second-order valence-electron chi connectivity index (χ2n) is 6.86. The summed E-state index contributed by atoms with van der Waals surface area (Å²) in [4.78, 5) is 26.1. The number of benzene rings is 2. The topological polar surface area (TPSA) is 91.7 Å². The number of nitrogens with one attached hydrogen (secondary N) is 1. The van der Waals surface area contributed by atoms with Crippen LogP contribution in [0.2, 0.25) is 0 Å². The quantitative estimate of drug-likeness (QED) is 0.423. The fraction of sp³-hybridized carbons (Fsp3) is 0.174. The van der Waals surface area contributed by atoms with Crippen LogP contribution in [-0.2, 0) is 9.53 Å². The van der Waals surface area contributed by atoms with Gasteiger partial charge in [0.25, 0.3) is 5.91 Å². The largest absolute Gasteiger partial charge is 0.493 e. The van der Waals surface area contributed by atoms with Crippen molar-refractivity contribution in [1.29, 1.82) is 0 Å². The standard InChI is InChI=1S/C23H21N3O5S/c1-14-17-12-20(32-22(17)26(25-14)16-7-5-4-6-8-16)23(28)31-13-21(27)24-15-9-10-18(29-2)19(11-15)30-3/h4-12H,13H2,1-3H3,(H,24,27). The lowest BCUT2D eigenvalue weighted by Crippen LogP contribution is -2.20. The normalized spacial score (nSPS) is 10.7. The summed E-state index contributed by atoms with van der Waals surface area (Å²) >= 11 is 1.28. The maximum Gasteiger partial charge on any atom is 0.348 e. The number of carbonyl (C=O) groups excluding carboxylic acids is 2. The van der Waals surface area contributed by atoms with Gasteiger partial charge in [-0.2, -0.15) is 5.10 Å². The van der Waals surface area contributed by atoms with Gasteiger partial charge in [-0.05, 0) is 37.3 Å². The van der Waals surface area contributed by atoms with E-state index in [0.717, 1.165) is 21.6 Å². The molecular formula is C23H21N3O5S. The Kier molecular flexibility index (Phi) is 6.09. The van der Waals surface area contributed by atoms with Crippen LogP contribution in [0, 0.1) is 6.92 Å². The Morgan fingerprint density at radius 1 is 1.03 bits per heavy atom. The minimum absolute atomic E-state index is 0.407. The fourth-order valence-corrected chi connectivity index (χ4v) is 4.28. The van der Waals surface area contributed by atoms with E-state index in [9.17, 15) is 9.59 Å². The van der Waals surface area contributed by atoms with Crippen molar-refractivity contribution in [3.8, 4) is 17.2 Å². The number of esters is 1. The van der Waals surface area contributed by atoms with Crippen LogP contribution >= 0.6 is 11.3 Å². The van der Waals surface area contributed by atoms with Gasteiger partial charge in [0.1, 0.15) is 9.71 Å². The van der Waals surface area contributed by atoms with Crippen LogP contribution < -0.4 is 14.8 Å². The van der Waals surface area contributed by atoms with Gasteiger partial charge >= 0.3 is 5.97 Å². The second-order valence-corrected chi connectivity index (χ2v) is 7.89. The molecule has 0 radical (unpaired) electrons. The highest BCUT2D eigenvalue weighted by atomic mass is 32.1. The molecule has 164 valence electrons. The number of carbonyl (C=O) groups is 2. The van der Waals surface area contributed by atoms with Crippen LogP contribution in [0.25, 0.3) is 15.9 Å². The highest BCUT2D eigenvalue weighted by molar-refractivity contribution is 7.20. The number of methoxy groups -OCH3 is 2. The third kappa shape index (κ3) is 4.28. The van der Waals surface area contributed by atoms with E-state index >= 15 is 0 Å². The van der Waals surface area contributed by atoms with Gasteiger partial charge in [0.05, 0.1) is 25.6 Å². The Labute approximate surface area is 188 Å². The first-order valence-electron chi connectivity index (χ1n) is 9.73. The van der Waals surface area contributed by atoms with Crippen molar-refractivity contribution in [2.45, 2.75) is 6.92 Å². The number of hydrogen-bond donors (Lipinski definition) is 1. The first-order chi connectivity index (χ1) is 15.5. The van der Waals surface area contributed by atoms with Crippen LogP contribution in [0.5, 0.6) is 11.5 Å². The van der Waals surface area contributed by atoms with Crippen LogP contribution in [0.15, 0.2) is 54.6 Å². The fourth-order valence-electron chi connectivity index (χ4n) is 3.21. The lowest BCUT2D eigenvalue weighted by Gasteiger charge is -2.10. The molecule has 1 amide bonds. The maximum atomic E-state index is 12.6. The van der Waals surface area contributed by atoms with Crippen molar-refractivity contribution in [3.63, 3.8) is 0 Å². The summed E-state index contributed by atoms with van der Waals surface area (Å²) in [6.45, 7) is 1.48. The maximum absolute atomic E-state index is 12.6. The van der Waals surface area contributed by atoms with Gasteiger partial charge in [-0.15, -0.1) is 11.3 Å². The molecule has 2 heterocycles. The number of hydrogen-bond acceptors (Lipinski definition) is 7. The van der Waals surface area contributed by atoms with E-state index in [1.165, 1.54) is 25.6 Å². The first-order valence-corrected chi connectivity index (χ1v) is 10.6. The number of para-hydroxylation sites is 1. The van der Waals surface area contributed by atoms with E-state index in [2.05, 4.69) is 10.4 Å². The number of aryl methyl sites for hydroxylation is 1. The molecule has 0 atom stereocenters. The van der Waals surface area contributed by atoms with Crippen LogP contribution in [0.1, 0.15) is 15.4 Å². The lowest BCUT2D eigenvalue weighted by molar-refractivity contribution is -0.119. The summed E-state index contributed by atoms with van der Waals surface area (Å²) in [6.07, 6.45) is 0. The van der Waals surface area contributed by atoms with E-state index < -0.39 is 18.5 Å². The molecule has 0 fully saturated rings. The zero-order valence-electron chi connectivity index (χ0n) is 17.7. The Morgan fingerprint density at radius 2 is 1.78 bits per heavy atom. The summed E-state index contributed by atoms with van der Waals surface area (Å²) in [6, 6.07) is 16.4. The Balaban J connectivity index is 1.44. The molecule has 0 aliphatic heterocycles. The smallest absolute Gasteiger partial charge is 0.348 e. The van der Waals surface area contributed by atoms with Crippen molar-refractivity contribution >= 4 is 39.1 Å². The number of anilines is 1. The molecule has 4 aromatic rings. The van der Waals surface area contributed by atoms with Crippen molar-refractivity contribution in [3.05, 3.63) is 65.2 Å². The molecule has 0 saturated carbocycles. The molecule has 2 aromatic heterocycles. The summed E-state index contributed by atoms with van der Waals surface area (Å²) in [5.41, 5.74) is 2.22. The molecular weight excluding hydrogens is 430 g/mol. The molecule has 4 rings (SSSR count). The van der Waals surface area contributed by atoms with Crippen molar-refractivity contribution in [2.75, 3.05) is 26.1 Å². The van der Waals surface area contributed by atoms with Gasteiger partial charge in [-0.25, -0.2) is 9.48 Å². The molecule has 2 aromatic carbocycles. The Morgan fingerprint density at radius 3 is 2.50 bits per heavy atom. The van der Waals surface area contributed by atoms with Gasteiger partial charge in [0.15, 0.2) is 18.1 Å². The average Bonchev–Trinajstić information content (AvgIpc) is 3.38. The summed E-state index contributed by atoms with van der Waals surface area (Å²) in [5, 5.41) is 8.11. The molecule has 1 N–H and O–H groups in total. The molecule has 0 unspecified atom stereocenters. The van der Waals surface area contributed by atoms with Crippen LogP contribution in [0.4, 0.5) is 5.69 Å². The average molecular weight is 452 g/mol. The number of ether oxygens (including phenoxy) is 3. The number of rotatable bonds is 7. The summed E-state index contributed by atoms with van der Waals surface area (Å²) in [7, 11) is 3.04. The summed E-state index contributed by atoms with van der Waals surface area (Å²) in [5.74, 6) is 0.00689. The lowest BCUT2D eigenvalue weighted by atomic mass is 10.2. The molecule has 8 nitrogen and oxygen atoms in total. The van der Waals surface area contributed by atoms with E-state index in [1.54, 1.807) is 28.9 Å². The van der Waals surface area contributed by atoms with Crippen molar-refractivity contribution in [2.24, 2.45) is 0 Å². The molecule has 32 heavy (non-hydrogen) atoms. The number of amides is 1. The second kappa shape index (κ2) is 9.11. The van der Waals surface area contributed by atoms with E-state index in [0.29, 0.717) is 22.1 Å². The SMILES string of the molecule is COc1ccc(NC(=O)COC(=O)c2cc3c(C)nn(-c4ccccc4)c3s2)cc1OC. The zero-order valence-corrected chi connectivity index (χ0v) is 18.6. The Hall–Kier alpha value is -3.85. The highest BCUT2D eigenvalue weighted by Crippen LogP contribution is 2.31. The van der Waals surface area contributed by atoms with E-state index in [4.69, 9.17) is 14.2 Å². The van der Waals surface area contributed by atoms with Crippen molar-refractivity contribution < 1.29 is 23.8 Å². The third-order valence-corrected chi connectivity index (χ3v) is 5.84. The number of fused-ring (bicyclic) bond motifs is 1. The molecule has 0 spiro atoms. The van der Waals surface area contributed by atoms with Gasteiger partial charge in [0.2, 0.25) is 0 Å². The Bertz CT molecular complexity index is 1280. The predicted molar refractivity (Wildman–Crippen MR) is 122 cm³/mol. The molecule has 0 bridgehead atoms. The number of aromatic nitrogens is 2. The monoisotopic (exact) mass is 451 g/mol. The van der Waals surface area contributed by atoms with Gasteiger partial charge in [0, 0.05) is 17.1 Å². The number of thiophene rings is 1. The number of nitrogens with zero attached hydrogens (tertiary/aromatic N) is 2. The van der Waals surface area contributed by atoms with Crippen molar-refractivity contribution in [1.82, 2.24) is 9.78 Å². The minimum atomic E-state index is -0.562. The van der Waals surface area contributed by atoms with Gasteiger partial charge in [-0.3, -0.25) is 4.79 Å². The van der Waals surface area contributed by atoms with Gasteiger partial charge < -0.3 is 19.5 Å². The van der Waals surface area contributed by atoms with E-state index in [1.807, 2.05) is 37.3 Å². The minimum Gasteiger partial charge on any atom is -0.493 e. The van der Waals surface area contributed by atoms with Gasteiger partial charge in [-0.1, -0.05) is 18.2 Å². The molecule has 0 saturated heterocycles. The third-order valence-electron chi connectivity index (χ3n) is 4.75. The predicted octanol–water partition coefficient (Wildman–Crippen LogP) is 4.21. The molecule has 0 aliphatic rings. The van der Waals surface area contributed by atoms with Crippen LogP contribution in [0.3, 0.4) is 0 Å². The zero-order chi connectivity index (χ0) is 22.7. The molecule has 9 heteroatoms. The van der Waals surface area contributed by atoms with E-state index in [-0.39, 0.29) is 0 Å². The highest BCUT2D eigenvalue weighted by Gasteiger charge is 2.19.